The van der Waals surface area contributed by atoms with Gasteiger partial charge >= 0.3 is 0 Å². The van der Waals surface area contributed by atoms with Gasteiger partial charge in [0, 0.05) is 30.2 Å². The number of nitrogens with zero attached hydrogens (tertiary/aromatic N) is 4. The average Bonchev–Trinajstić information content (AvgIpc) is 3.24. The van der Waals surface area contributed by atoms with Crippen LogP contribution in [0.1, 0.15) is 18.5 Å². The molecule has 0 aliphatic carbocycles. The van der Waals surface area contributed by atoms with E-state index >= 15 is 0 Å². The van der Waals surface area contributed by atoms with Crippen LogP contribution in [0.2, 0.25) is 0 Å². The summed E-state index contributed by atoms with van der Waals surface area (Å²) in [5, 5.41) is 13.4. The molecule has 3 N–H and O–H groups in total. The number of pyridine rings is 1. The van der Waals surface area contributed by atoms with Gasteiger partial charge in [-0.15, -0.1) is 0 Å². The number of anilines is 3. The van der Waals surface area contributed by atoms with Crippen LogP contribution in [-0.4, -0.2) is 25.1 Å². The summed E-state index contributed by atoms with van der Waals surface area (Å²) in [5.41, 5.74) is 2.83. The molecule has 0 amide bonds. The second-order valence-corrected chi connectivity index (χ2v) is 6.25. The van der Waals surface area contributed by atoms with E-state index in [1.807, 2.05) is 25.3 Å². The van der Waals surface area contributed by atoms with Crippen molar-refractivity contribution < 1.29 is 4.39 Å². The molecule has 1 unspecified atom stereocenters. The number of rotatable bonds is 6. The third kappa shape index (κ3) is 4.12. The largest absolute Gasteiger partial charge is 0.363 e. The first-order chi connectivity index (χ1) is 13.7. The monoisotopic (exact) mass is 375 g/mol. The van der Waals surface area contributed by atoms with Gasteiger partial charge in [-0.1, -0.05) is 12.1 Å². The highest BCUT2D eigenvalue weighted by Crippen LogP contribution is 2.27. The van der Waals surface area contributed by atoms with Crippen LogP contribution in [0, 0.1) is 5.82 Å². The van der Waals surface area contributed by atoms with E-state index in [4.69, 9.17) is 0 Å². The van der Waals surface area contributed by atoms with Crippen molar-refractivity contribution >= 4 is 17.5 Å². The van der Waals surface area contributed by atoms with Crippen molar-refractivity contribution in [1.29, 1.82) is 0 Å². The molecule has 1 atom stereocenters. The molecule has 0 aliphatic heterocycles. The van der Waals surface area contributed by atoms with Gasteiger partial charge in [0.15, 0.2) is 0 Å². The summed E-state index contributed by atoms with van der Waals surface area (Å²) in [6.07, 6.45) is 8.40. The lowest BCUT2D eigenvalue weighted by molar-refractivity contribution is 0.626. The van der Waals surface area contributed by atoms with E-state index < -0.39 is 0 Å². The van der Waals surface area contributed by atoms with Crippen LogP contribution in [0.5, 0.6) is 0 Å². The van der Waals surface area contributed by atoms with Gasteiger partial charge in [0.25, 0.3) is 0 Å². The molecule has 4 rings (SSSR count). The fraction of sp³-hybridized carbons (Fsp3) is 0.100. The molecule has 3 aromatic heterocycles. The zero-order valence-electron chi connectivity index (χ0n) is 15.1. The number of hydrogen-bond donors (Lipinski definition) is 3. The van der Waals surface area contributed by atoms with E-state index in [0.717, 1.165) is 16.7 Å². The predicted octanol–water partition coefficient (Wildman–Crippen LogP) is 4.32. The number of hydrogen-bond acceptors (Lipinski definition) is 6. The molecular weight excluding hydrogens is 357 g/mol. The SMILES string of the molecule is CC(Nc1cc(-c2cn[nH]c2)cc(Nc2cnccn2)n1)c1ccc(F)cc1. The third-order valence-corrected chi connectivity index (χ3v) is 4.21. The van der Waals surface area contributed by atoms with Crippen LogP contribution in [-0.2, 0) is 0 Å². The molecule has 0 fully saturated rings. The van der Waals surface area contributed by atoms with Crippen LogP contribution >= 0.6 is 0 Å². The molecule has 8 heteroatoms. The fourth-order valence-corrected chi connectivity index (χ4v) is 2.80. The second kappa shape index (κ2) is 7.83. The highest BCUT2D eigenvalue weighted by Gasteiger charge is 2.11. The van der Waals surface area contributed by atoms with Crippen molar-refractivity contribution in [2.45, 2.75) is 13.0 Å². The number of benzene rings is 1. The summed E-state index contributed by atoms with van der Waals surface area (Å²) in [6, 6.07) is 10.2. The van der Waals surface area contributed by atoms with E-state index in [1.54, 1.807) is 36.9 Å². The minimum absolute atomic E-state index is 0.0583. The Morgan fingerprint density at radius 3 is 2.50 bits per heavy atom. The third-order valence-electron chi connectivity index (χ3n) is 4.21. The molecule has 0 aliphatic rings. The maximum atomic E-state index is 13.2. The van der Waals surface area contributed by atoms with Gasteiger partial charge in [-0.25, -0.2) is 14.4 Å². The molecule has 3 heterocycles. The minimum Gasteiger partial charge on any atom is -0.363 e. The highest BCUT2D eigenvalue weighted by molar-refractivity contribution is 5.70. The van der Waals surface area contributed by atoms with Crippen molar-refractivity contribution in [3.05, 3.63) is 78.8 Å². The van der Waals surface area contributed by atoms with E-state index in [-0.39, 0.29) is 11.9 Å². The van der Waals surface area contributed by atoms with Crippen LogP contribution in [0.15, 0.2) is 67.4 Å². The molecule has 0 bridgehead atoms. The molecule has 140 valence electrons. The topological polar surface area (TPSA) is 91.4 Å². The molecule has 28 heavy (non-hydrogen) atoms. The summed E-state index contributed by atoms with van der Waals surface area (Å²) in [6.45, 7) is 2.00. The number of H-pyrrole nitrogens is 1. The van der Waals surface area contributed by atoms with E-state index in [9.17, 15) is 4.39 Å². The van der Waals surface area contributed by atoms with Gasteiger partial charge in [-0.2, -0.15) is 5.10 Å². The Labute approximate surface area is 161 Å². The maximum absolute atomic E-state index is 13.2. The van der Waals surface area contributed by atoms with Crippen LogP contribution < -0.4 is 10.6 Å². The summed E-state index contributed by atoms with van der Waals surface area (Å²) < 4.78 is 13.2. The first kappa shape index (κ1) is 17.6. The van der Waals surface area contributed by atoms with Gasteiger partial charge in [0.05, 0.1) is 12.4 Å². The van der Waals surface area contributed by atoms with Crippen LogP contribution in [0.25, 0.3) is 11.1 Å². The van der Waals surface area contributed by atoms with Gasteiger partial charge in [-0.3, -0.25) is 10.1 Å². The fourth-order valence-electron chi connectivity index (χ4n) is 2.80. The van der Waals surface area contributed by atoms with Crippen LogP contribution in [0.3, 0.4) is 0 Å². The Morgan fingerprint density at radius 1 is 0.964 bits per heavy atom. The molecule has 0 spiro atoms. The number of aromatic nitrogens is 5. The maximum Gasteiger partial charge on any atom is 0.150 e. The Kier molecular flexibility index (Phi) is 4.92. The van der Waals surface area contributed by atoms with Gasteiger partial charge < -0.3 is 10.6 Å². The summed E-state index contributed by atoms with van der Waals surface area (Å²) in [7, 11) is 0. The second-order valence-electron chi connectivity index (χ2n) is 6.25. The lowest BCUT2D eigenvalue weighted by atomic mass is 10.1. The summed E-state index contributed by atoms with van der Waals surface area (Å²) >= 11 is 0. The van der Waals surface area contributed by atoms with Crippen molar-refractivity contribution in [2.24, 2.45) is 0 Å². The first-order valence-electron chi connectivity index (χ1n) is 8.74. The Hall–Kier alpha value is -3.81. The zero-order chi connectivity index (χ0) is 19.3. The van der Waals surface area contributed by atoms with Crippen molar-refractivity contribution in [1.82, 2.24) is 25.1 Å². The van der Waals surface area contributed by atoms with E-state index in [1.165, 1.54) is 12.1 Å². The molecule has 0 saturated carbocycles. The molecule has 0 saturated heterocycles. The Morgan fingerprint density at radius 2 is 1.79 bits per heavy atom. The van der Waals surface area contributed by atoms with Crippen molar-refractivity contribution in [3.63, 3.8) is 0 Å². The molecule has 7 nitrogen and oxygen atoms in total. The molecule has 1 aromatic carbocycles. The molecular formula is C20H18FN7. The summed E-state index contributed by atoms with van der Waals surface area (Å²) in [4.78, 5) is 12.9. The summed E-state index contributed by atoms with van der Waals surface area (Å²) in [5.74, 6) is 1.62. The van der Waals surface area contributed by atoms with Gasteiger partial charge in [0.2, 0.25) is 0 Å². The molecule has 0 radical (unpaired) electrons. The van der Waals surface area contributed by atoms with Gasteiger partial charge in [-0.05, 0) is 42.3 Å². The van der Waals surface area contributed by atoms with E-state index in [0.29, 0.717) is 17.5 Å². The Bertz CT molecular complexity index is 1030. The van der Waals surface area contributed by atoms with Crippen molar-refractivity contribution in [3.8, 4) is 11.1 Å². The van der Waals surface area contributed by atoms with Crippen LogP contribution in [0.4, 0.5) is 21.8 Å². The van der Waals surface area contributed by atoms with Gasteiger partial charge in [0.1, 0.15) is 23.3 Å². The standard InChI is InChI=1S/C20H18FN7/c1-13(14-2-4-17(21)5-3-14)26-18-8-15(16-10-24-25-11-16)9-19(27-18)28-20-12-22-6-7-23-20/h2-13H,1H3,(H,24,25)(H2,23,26,27,28). The van der Waals surface area contributed by atoms with Crippen molar-refractivity contribution in [2.75, 3.05) is 10.6 Å². The van der Waals surface area contributed by atoms with E-state index in [2.05, 4.69) is 35.8 Å². The highest BCUT2D eigenvalue weighted by atomic mass is 19.1. The quantitative estimate of drug-likeness (QED) is 0.465. The smallest absolute Gasteiger partial charge is 0.150 e. The lowest BCUT2D eigenvalue weighted by Gasteiger charge is -2.17. The number of halogens is 1. The normalized spacial score (nSPS) is 11.8. The number of nitrogens with one attached hydrogen (secondary N) is 3. The number of aromatic amines is 1. The Balaban J connectivity index is 1.64. The molecule has 4 aromatic rings. The zero-order valence-corrected chi connectivity index (χ0v) is 15.1. The average molecular weight is 375 g/mol. The first-order valence-corrected chi connectivity index (χ1v) is 8.74. The lowest BCUT2D eigenvalue weighted by Crippen LogP contribution is -2.09. The predicted molar refractivity (Wildman–Crippen MR) is 106 cm³/mol. The minimum atomic E-state index is -0.258.